The molecule has 9 nitrogen and oxygen atoms in total. The van der Waals surface area contributed by atoms with Crippen LogP contribution in [-0.4, -0.2) is 30.9 Å². The molecule has 0 radical (unpaired) electrons. The Bertz CT molecular complexity index is 852. The van der Waals surface area contributed by atoms with Crippen molar-refractivity contribution in [1.29, 1.82) is 0 Å². The molecule has 0 aromatic carbocycles. The monoisotopic (exact) mass is 359 g/mol. The summed E-state index contributed by atoms with van der Waals surface area (Å²) >= 11 is 0.936. The van der Waals surface area contributed by atoms with Gasteiger partial charge in [0.15, 0.2) is 0 Å². The van der Waals surface area contributed by atoms with E-state index >= 15 is 0 Å². The van der Waals surface area contributed by atoms with E-state index in [1.54, 1.807) is 0 Å². The van der Waals surface area contributed by atoms with Crippen molar-refractivity contribution in [2.45, 2.75) is 11.5 Å². The highest BCUT2D eigenvalue weighted by molar-refractivity contribution is 7.89. The van der Waals surface area contributed by atoms with Crippen molar-refractivity contribution in [3.05, 3.63) is 45.1 Å². The molecule has 1 N–H and O–H groups in total. The maximum absolute atomic E-state index is 12.0. The third-order valence-electron chi connectivity index (χ3n) is 2.96. The summed E-state index contributed by atoms with van der Waals surface area (Å²) in [6, 6.07) is 2.52. The molecular formula is C12H13N3O6S2. The minimum Gasteiger partial charge on any atom is -0.456 e. The van der Waals surface area contributed by atoms with E-state index in [-0.39, 0.29) is 22.2 Å². The number of ether oxygens (including phenoxy) is 1. The molecule has 2 heterocycles. The van der Waals surface area contributed by atoms with Crippen LogP contribution < -0.4 is 4.72 Å². The second kappa shape index (κ2) is 6.48. The average molecular weight is 359 g/mol. The zero-order chi connectivity index (χ0) is 17.2. The van der Waals surface area contributed by atoms with E-state index in [2.05, 4.69) is 4.72 Å². The molecule has 0 saturated heterocycles. The zero-order valence-electron chi connectivity index (χ0n) is 12.2. The molecule has 0 unspecified atom stereocenters. The van der Waals surface area contributed by atoms with Gasteiger partial charge in [0.2, 0.25) is 10.0 Å². The van der Waals surface area contributed by atoms with Crippen molar-refractivity contribution in [3.63, 3.8) is 0 Å². The van der Waals surface area contributed by atoms with Crippen LogP contribution in [0.3, 0.4) is 0 Å². The summed E-state index contributed by atoms with van der Waals surface area (Å²) in [6.45, 7) is -0.136. The molecule has 0 atom stereocenters. The number of aromatic nitrogens is 1. The molecule has 0 spiro atoms. The fourth-order valence-electron chi connectivity index (χ4n) is 1.76. The van der Waals surface area contributed by atoms with E-state index in [4.69, 9.17) is 4.74 Å². The van der Waals surface area contributed by atoms with E-state index < -0.39 is 20.9 Å². The van der Waals surface area contributed by atoms with Gasteiger partial charge in [-0.25, -0.2) is 17.9 Å². The number of carbonyl (C=O) groups is 1. The standard InChI is InChI=1S/C12H13N3O6S2/c1-13-23(19,20)9-4-10(14(2)5-9)12(16)21-6-8-3-11(15(17)18)22-7-8/h3-5,7,13H,6H2,1-2H3. The minimum absolute atomic E-state index is 0.0442. The molecule has 11 heteroatoms. The highest BCUT2D eigenvalue weighted by atomic mass is 32.2. The molecule has 2 aromatic rings. The smallest absolute Gasteiger partial charge is 0.355 e. The zero-order valence-corrected chi connectivity index (χ0v) is 13.8. The number of hydrogen-bond acceptors (Lipinski definition) is 7. The molecule has 0 fully saturated rings. The first kappa shape index (κ1) is 17.1. The number of nitrogens with one attached hydrogen (secondary N) is 1. The predicted octanol–water partition coefficient (Wildman–Crippen LogP) is 1.26. The Kier molecular flexibility index (Phi) is 4.82. The molecule has 0 saturated carbocycles. The van der Waals surface area contributed by atoms with Crippen molar-refractivity contribution in [1.82, 2.24) is 9.29 Å². The molecule has 0 aliphatic carbocycles. The summed E-state index contributed by atoms with van der Waals surface area (Å²) in [6.07, 6.45) is 1.29. The summed E-state index contributed by atoms with van der Waals surface area (Å²) in [5.41, 5.74) is 0.552. The quantitative estimate of drug-likeness (QED) is 0.471. The van der Waals surface area contributed by atoms with E-state index in [1.165, 1.54) is 42.4 Å². The van der Waals surface area contributed by atoms with Gasteiger partial charge in [-0.1, -0.05) is 11.3 Å². The number of sulfonamides is 1. The fourth-order valence-corrected chi connectivity index (χ4v) is 3.27. The SMILES string of the molecule is CNS(=O)(=O)c1cc(C(=O)OCc2csc([N+](=O)[O-])c2)n(C)c1. The Morgan fingerprint density at radius 3 is 2.74 bits per heavy atom. The van der Waals surface area contributed by atoms with Gasteiger partial charge in [-0.2, -0.15) is 0 Å². The van der Waals surface area contributed by atoms with Crippen LogP contribution in [0.5, 0.6) is 0 Å². The van der Waals surface area contributed by atoms with Gasteiger partial charge in [0.05, 0.1) is 4.92 Å². The summed E-state index contributed by atoms with van der Waals surface area (Å²) < 4.78 is 31.9. The van der Waals surface area contributed by atoms with Crippen LogP contribution in [0.4, 0.5) is 5.00 Å². The summed E-state index contributed by atoms with van der Waals surface area (Å²) in [4.78, 5) is 22.0. The third kappa shape index (κ3) is 3.75. The van der Waals surface area contributed by atoms with Crippen molar-refractivity contribution < 1.29 is 22.9 Å². The van der Waals surface area contributed by atoms with Gasteiger partial charge in [0, 0.05) is 30.3 Å². The Balaban J connectivity index is 2.10. The van der Waals surface area contributed by atoms with Gasteiger partial charge in [-0.15, -0.1) is 0 Å². The van der Waals surface area contributed by atoms with E-state index in [0.29, 0.717) is 5.56 Å². The molecule has 2 aromatic heterocycles. The fraction of sp³-hybridized carbons (Fsp3) is 0.250. The van der Waals surface area contributed by atoms with Gasteiger partial charge in [-0.3, -0.25) is 10.1 Å². The molecule has 23 heavy (non-hydrogen) atoms. The Labute approximate surface area is 135 Å². The van der Waals surface area contributed by atoms with E-state index in [1.807, 2.05) is 0 Å². The first-order valence-electron chi connectivity index (χ1n) is 6.23. The Hall–Kier alpha value is -2.24. The predicted molar refractivity (Wildman–Crippen MR) is 81.8 cm³/mol. The maximum Gasteiger partial charge on any atom is 0.355 e. The Morgan fingerprint density at radius 2 is 2.17 bits per heavy atom. The van der Waals surface area contributed by atoms with Gasteiger partial charge in [0.25, 0.3) is 0 Å². The molecule has 0 aliphatic rings. The lowest BCUT2D eigenvalue weighted by Gasteiger charge is -2.03. The minimum atomic E-state index is -3.66. The van der Waals surface area contributed by atoms with Crippen LogP contribution in [0, 0.1) is 10.1 Å². The normalized spacial score (nSPS) is 11.4. The molecule has 0 aliphatic heterocycles. The lowest BCUT2D eigenvalue weighted by atomic mass is 10.3. The van der Waals surface area contributed by atoms with Gasteiger partial charge >= 0.3 is 11.0 Å². The number of aryl methyl sites for hydroxylation is 1. The highest BCUT2D eigenvalue weighted by Gasteiger charge is 2.20. The van der Waals surface area contributed by atoms with Crippen LogP contribution >= 0.6 is 11.3 Å². The lowest BCUT2D eigenvalue weighted by Crippen LogP contribution is -2.17. The molecule has 124 valence electrons. The van der Waals surface area contributed by atoms with Crippen molar-refractivity contribution in [2.75, 3.05) is 7.05 Å². The van der Waals surface area contributed by atoms with Crippen LogP contribution in [0.25, 0.3) is 0 Å². The molecule has 0 bridgehead atoms. The topological polar surface area (TPSA) is 121 Å². The lowest BCUT2D eigenvalue weighted by molar-refractivity contribution is -0.380. The summed E-state index contributed by atoms with van der Waals surface area (Å²) in [5.74, 6) is -0.723. The number of thiophene rings is 1. The average Bonchev–Trinajstić information content (AvgIpc) is 3.11. The highest BCUT2D eigenvalue weighted by Crippen LogP contribution is 2.23. The first-order valence-corrected chi connectivity index (χ1v) is 8.59. The van der Waals surface area contributed by atoms with Crippen LogP contribution in [-0.2, 0) is 28.4 Å². The molecule has 2 rings (SSSR count). The van der Waals surface area contributed by atoms with Crippen LogP contribution in [0.15, 0.2) is 28.6 Å². The number of rotatable bonds is 6. The second-order valence-electron chi connectivity index (χ2n) is 4.51. The van der Waals surface area contributed by atoms with Gasteiger partial charge in [-0.05, 0) is 13.1 Å². The van der Waals surface area contributed by atoms with Crippen LogP contribution in [0.1, 0.15) is 16.1 Å². The third-order valence-corrected chi connectivity index (χ3v) is 5.27. The first-order chi connectivity index (χ1) is 10.7. The molecular weight excluding hydrogens is 346 g/mol. The largest absolute Gasteiger partial charge is 0.456 e. The number of carbonyl (C=O) groups excluding carboxylic acids is 1. The van der Waals surface area contributed by atoms with Crippen molar-refractivity contribution in [2.24, 2.45) is 7.05 Å². The Morgan fingerprint density at radius 1 is 1.48 bits per heavy atom. The van der Waals surface area contributed by atoms with E-state index in [9.17, 15) is 23.3 Å². The number of nitrogens with zero attached hydrogens (tertiary/aromatic N) is 2. The van der Waals surface area contributed by atoms with Crippen LogP contribution in [0.2, 0.25) is 0 Å². The maximum atomic E-state index is 12.0. The van der Waals surface area contributed by atoms with Gasteiger partial charge < -0.3 is 9.30 Å². The van der Waals surface area contributed by atoms with Crippen molar-refractivity contribution >= 4 is 32.3 Å². The summed E-state index contributed by atoms with van der Waals surface area (Å²) in [7, 11) is -0.876. The number of hydrogen-bond donors (Lipinski definition) is 1. The second-order valence-corrected chi connectivity index (χ2v) is 7.28. The van der Waals surface area contributed by atoms with Crippen molar-refractivity contribution in [3.8, 4) is 0 Å². The number of nitro groups is 1. The van der Waals surface area contributed by atoms with E-state index in [0.717, 1.165) is 11.3 Å². The van der Waals surface area contributed by atoms with Gasteiger partial charge in [0.1, 0.15) is 17.2 Å². The summed E-state index contributed by atoms with van der Waals surface area (Å²) in [5, 5.41) is 12.1. The number of esters is 1. The molecule has 0 amide bonds.